The summed E-state index contributed by atoms with van der Waals surface area (Å²) in [5.41, 5.74) is 13.2. The summed E-state index contributed by atoms with van der Waals surface area (Å²) in [6.07, 6.45) is 0. The molecule has 0 aliphatic heterocycles. The van der Waals surface area contributed by atoms with Crippen molar-refractivity contribution in [1.29, 1.82) is 0 Å². The third-order valence-electron chi connectivity index (χ3n) is 10.7. The maximum Gasteiger partial charge on any atom is 0.160 e. The van der Waals surface area contributed by atoms with E-state index in [2.05, 4.69) is 179 Å². The molecule has 0 bridgehead atoms. The van der Waals surface area contributed by atoms with Gasteiger partial charge in [0.2, 0.25) is 0 Å². The summed E-state index contributed by atoms with van der Waals surface area (Å²) in [4.78, 5) is 10.1. The van der Waals surface area contributed by atoms with E-state index in [1.807, 2.05) is 24.3 Å². The molecule has 0 unspecified atom stereocenters. The summed E-state index contributed by atoms with van der Waals surface area (Å²) in [7, 11) is 0. The lowest BCUT2D eigenvalue weighted by Crippen LogP contribution is -1.97. The van der Waals surface area contributed by atoms with Crippen molar-refractivity contribution in [3.8, 4) is 45.1 Å². The Morgan fingerprint density at radius 3 is 1.65 bits per heavy atom. The minimum absolute atomic E-state index is 0.722. The van der Waals surface area contributed by atoms with Crippen molar-refractivity contribution in [3.05, 3.63) is 194 Å². The molecule has 0 spiro atoms. The van der Waals surface area contributed by atoms with Gasteiger partial charge >= 0.3 is 0 Å². The predicted octanol–water partition coefficient (Wildman–Crippen LogP) is 12.8. The molecule has 0 aliphatic rings. The second-order valence-corrected chi connectivity index (χ2v) is 13.8. The standard InChI is InChI=1S/C50H32N4/c1-3-14-33(15-4-1)50-51-44-23-10-7-22-42(44)49(52-50)36-16-13-19-38(30-36)54-45-24-11-8-20-39(45)41-28-26-35(32-48(41)54)34-27-29-47-43(31-34)40-21-9-12-25-46(40)53(47)37-17-5-2-6-18-37/h1-32H. The van der Waals surface area contributed by atoms with Gasteiger partial charge in [0.15, 0.2) is 5.82 Å². The molecule has 4 nitrogen and oxygen atoms in total. The first-order valence-corrected chi connectivity index (χ1v) is 18.3. The Labute approximate surface area is 311 Å². The van der Waals surface area contributed by atoms with Gasteiger partial charge in [-0.2, -0.15) is 0 Å². The zero-order valence-corrected chi connectivity index (χ0v) is 29.3. The summed E-state index contributed by atoms with van der Waals surface area (Å²) in [6, 6.07) is 69.1. The Hall–Kier alpha value is -7.30. The monoisotopic (exact) mass is 688 g/mol. The van der Waals surface area contributed by atoms with Crippen molar-refractivity contribution in [2.24, 2.45) is 0 Å². The van der Waals surface area contributed by atoms with E-state index >= 15 is 0 Å². The molecule has 0 saturated carbocycles. The molecule has 252 valence electrons. The number of rotatable bonds is 5. The molecule has 11 rings (SSSR count). The molecular formula is C50H32N4. The first-order chi connectivity index (χ1) is 26.8. The van der Waals surface area contributed by atoms with Crippen LogP contribution in [0.15, 0.2) is 194 Å². The van der Waals surface area contributed by atoms with Gasteiger partial charge in [-0.3, -0.25) is 0 Å². The molecule has 0 atom stereocenters. The molecular weight excluding hydrogens is 657 g/mol. The lowest BCUT2D eigenvalue weighted by Gasteiger charge is -2.13. The van der Waals surface area contributed by atoms with Crippen molar-refractivity contribution in [2.45, 2.75) is 0 Å². The van der Waals surface area contributed by atoms with Gasteiger partial charge in [0, 0.05) is 49.4 Å². The lowest BCUT2D eigenvalue weighted by molar-refractivity contribution is 1.17. The van der Waals surface area contributed by atoms with Crippen LogP contribution in [0.4, 0.5) is 0 Å². The van der Waals surface area contributed by atoms with Crippen LogP contribution in [-0.4, -0.2) is 19.1 Å². The molecule has 8 aromatic carbocycles. The highest BCUT2D eigenvalue weighted by atomic mass is 15.0. The fourth-order valence-electron chi connectivity index (χ4n) is 8.24. The van der Waals surface area contributed by atoms with Crippen LogP contribution in [0.5, 0.6) is 0 Å². The average molecular weight is 689 g/mol. The van der Waals surface area contributed by atoms with Gasteiger partial charge in [0.05, 0.1) is 33.3 Å². The van der Waals surface area contributed by atoms with Crippen LogP contribution in [0.25, 0.3) is 99.7 Å². The van der Waals surface area contributed by atoms with E-state index in [0.29, 0.717) is 0 Å². The van der Waals surface area contributed by atoms with Gasteiger partial charge in [0.25, 0.3) is 0 Å². The summed E-state index contributed by atoms with van der Waals surface area (Å²) < 4.78 is 4.77. The van der Waals surface area contributed by atoms with Gasteiger partial charge in [0.1, 0.15) is 0 Å². The van der Waals surface area contributed by atoms with E-state index < -0.39 is 0 Å². The van der Waals surface area contributed by atoms with E-state index in [9.17, 15) is 0 Å². The Morgan fingerprint density at radius 2 is 0.852 bits per heavy atom. The van der Waals surface area contributed by atoms with Crippen LogP contribution >= 0.6 is 0 Å². The summed E-state index contributed by atoms with van der Waals surface area (Å²) in [6.45, 7) is 0. The minimum atomic E-state index is 0.722. The highest BCUT2D eigenvalue weighted by Crippen LogP contribution is 2.39. The van der Waals surface area contributed by atoms with Crippen molar-refractivity contribution in [1.82, 2.24) is 19.1 Å². The molecule has 3 aromatic heterocycles. The lowest BCUT2D eigenvalue weighted by atomic mass is 10.0. The summed E-state index contributed by atoms with van der Waals surface area (Å²) >= 11 is 0. The molecule has 54 heavy (non-hydrogen) atoms. The highest BCUT2D eigenvalue weighted by molar-refractivity contribution is 6.12. The third kappa shape index (κ3) is 4.78. The molecule has 0 amide bonds. The van der Waals surface area contributed by atoms with Crippen molar-refractivity contribution in [2.75, 3.05) is 0 Å². The van der Waals surface area contributed by atoms with Crippen LogP contribution in [-0.2, 0) is 0 Å². The molecule has 4 heteroatoms. The van der Waals surface area contributed by atoms with Crippen LogP contribution < -0.4 is 0 Å². The first kappa shape index (κ1) is 30.3. The van der Waals surface area contributed by atoms with E-state index in [-0.39, 0.29) is 0 Å². The maximum atomic E-state index is 5.19. The van der Waals surface area contributed by atoms with Crippen LogP contribution in [0.1, 0.15) is 0 Å². The van der Waals surface area contributed by atoms with Gasteiger partial charge in [-0.05, 0) is 71.8 Å². The average Bonchev–Trinajstić information content (AvgIpc) is 3.76. The first-order valence-electron chi connectivity index (χ1n) is 18.3. The van der Waals surface area contributed by atoms with Crippen molar-refractivity contribution < 1.29 is 0 Å². The predicted molar refractivity (Wildman–Crippen MR) is 225 cm³/mol. The Morgan fingerprint density at radius 1 is 0.296 bits per heavy atom. The molecule has 0 saturated heterocycles. The van der Waals surface area contributed by atoms with E-state index in [1.54, 1.807) is 0 Å². The second-order valence-electron chi connectivity index (χ2n) is 13.8. The van der Waals surface area contributed by atoms with E-state index in [0.717, 1.165) is 50.4 Å². The van der Waals surface area contributed by atoms with Crippen LogP contribution in [0.2, 0.25) is 0 Å². The Balaban J connectivity index is 1.10. The third-order valence-corrected chi connectivity index (χ3v) is 10.7. The SMILES string of the molecule is c1ccc(-c2nc(-c3cccc(-n4c5ccccc5c5ccc(-c6ccc7c(c6)c6ccccc6n7-c6ccccc6)cc54)c3)c3ccccc3n2)cc1. The quantitative estimate of drug-likeness (QED) is 0.180. The fraction of sp³-hybridized carbons (Fsp3) is 0. The minimum Gasteiger partial charge on any atom is -0.309 e. The van der Waals surface area contributed by atoms with Crippen molar-refractivity contribution >= 4 is 54.5 Å². The molecule has 11 aromatic rings. The normalized spacial score (nSPS) is 11.7. The maximum absolute atomic E-state index is 5.19. The fourth-order valence-corrected chi connectivity index (χ4v) is 8.24. The number of fused-ring (bicyclic) bond motifs is 7. The smallest absolute Gasteiger partial charge is 0.160 e. The molecule has 0 fully saturated rings. The van der Waals surface area contributed by atoms with Gasteiger partial charge in [-0.15, -0.1) is 0 Å². The molecule has 0 N–H and O–H groups in total. The topological polar surface area (TPSA) is 35.6 Å². The number of para-hydroxylation sites is 4. The number of benzene rings is 8. The van der Waals surface area contributed by atoms with Gasteiger partial charge < -0.3 is 9.13 Å². The van der Waals surface area contributed by atoms with Crippen LogP contribution in [0.3, 0.4) is 0 Å². The van der Waals surface area contributed by atoms with E-state index in [4.69, 9.17) is 9.97 Å². The van der Waals surface area contributed by atoms with E-state index in [1.165, 1.54) is 49.2 Å². The number of hydrogen-bond acceptors (Lipinski definition) is 2. The largest absolute Gasteiger partial charge is 0.309 e. The molecule has 0 aliphatic carbocycles. The zero-order chi connectivity index (χ0) is 35.6. The summed E-state index contributed by atoms with van der Waals surface area (Å²) in [5, 5.41) is 5.97. The number of hydrogen-bond donors (Lipinski definition) is 0. The number of aromatic nitrogens is 4. The highest BCUT2D eigenvalue weighted by Gasteiger charge is 2.17. The van der Waals surface area contributed by atoms with Gasteiger partial charge in [-0.25, -0.2) is 9.97 Å². The molecule has 3 heterocycles. The molecule has 0 radical (unpaired) electrons. The zero-order valence-electron chi connectivity index (χ0n) is 29.3. The van der Waals surface area contributed by atoms with Crippen molar-refractivity contribution in [3.63, 3.8) is 0 Å². The second kappa shape index (κ2) is 12.1. The summed E-state index contributed by atoms with van der Waals surface area (Å²) in [5.74, 6) is 0.722. The van der Waals surface area contributed by atoms with Crippen LogP contribution in [0, 0.1) is 0 Å². The number of nitrogens with zero attached hydrogens (tertiary/aromatic N) is 4. The Kier molecular flexibility index (Phi) is 6.82. The Bertz CT molecular complexity index is 3210. The van der Waals surface area contributed by atoms with Gasteiger partial charge in [-0.1, -0.05) is 133 Å².